The van der Waals surface area contributed by atoms with E-state index in [1.165, 1.54) is 0 Å². The molecule has 0 saturated carbocycles. The standard InChI is InChI=1S/C16H14O3.2ClH.2H2N.H2O.Pt/c1-11(16(18)19)13-8-5-9-14(10-13)15(17)12-6-3-2-4-7-12;;;;;;/h2-11H,1H3,(H,18,19);2*1H;3*1H2;/q;;;2*-1;;+4/p-2. The first-order chi connectivity index (χ1) is 10.5. The van der Waals surface area contributed by atoms with E-state index in [4.69, 9.17) is 23.9 Å². The van der Waals surface area contributed by atoms with Gasteiger partial charge in [-0.15, -0.1) is 0 Å². The zero-order chi connectivity index (χ0) is 16.5. The van der Waals surface area contributed by atoms with Crippen molar-refractivity contribution in [3.05, 3.63) is 83.6 Å². The predicted octanol–water partition coefficient (Wildman–Crippen LogP) is 5.09. The van der Waals surface area contributed by atoms with Crippen molar-refractivity contribution in [2.75, 3.05) is 0 Å². The molecule has 25 heavy (non-hydrogen) atoms. The first kappa shape index (κ1) is 28.5. The number of hydrogen-bond acceptors (Lipinski definition) is 2. The van der Waals surface area contributed by atoms with Gasteiger partial charge in [0.2, 0.25) is 0 Å². The van der Waals surface area contributed by atoms with Gasteiger partial charge in [0.1, 0.15) is 0 Å². The monoisotopic (exact) mass is 569 g/mol. The number of carboxylic acid groups (broad SMARTS) is 1. The van der Waals surface area contributed by atoms with Crippen molar-refractivity contribution in [3.8, 4) is 0 Å². The largest absolute Gasteiger partial charge is 0.693 e. The van der Waals surface area contributed by atoms with E-state index in [0.29, 0.717) is 16.7 Å². The van der Waals surface area contributed by atoms with Crippen molar-refractivity contribution >= 4 is 30.6 Å². The summed E-state index contributed by atoms with van der Waals surface area (Å²) in [5, 5.41) is 9.00. The van der Waals surface area contributed by atoms with Gasteiger partial charge < -0.3 is 22.9 Å². The van der Waals surface area contributed by atoms with Crippen molar-refractivity contribution in [2.45, 2.75) is 12.8 Å². The van der Waals surface area contributed by atoms with Gasteiger partial charge in [-0.3, -0.25) is 9.59 Å². The van der Waals surface area contributed by atoms with Crippen LogP contribution in [0.15, 0.2) is 54.6 Å². The van der Waals surface area contributed by atoms with E-state index in [9.17, 15) is 9.59 Å². The molecule has 0 aliphatic carbocycles. The van der Waals surface area contributed by atoms with Crippen LogP contribution in [0, 0.1) is 0 Å². The summed E-state index contributed by atoms with van der Waals surface area (Å²) in [4.78, 5) is 23.2. The fraction of sp³-hybridized carbons (Fsp3) is 0.125. The molecule has 0 spiro atoms. The Morgan fingerprint density at radius 1 is 0.960 bits per heavy atom. The van der Waals surface area contributed by atoms with Crippen molar-refractivity contribution < 1.29 is 36.7 Å². The Kier molecular flexibility index (Phi) is 17.1. The Hall–Kier alpha value is -1.27. The molecule has 0 aliphatic heterocycles. The maximum atomic E-state index is 12.2. The van der Waals surface area contributed by atoms with Crippen LogP contribution in [-0.4, -0.2) is 22.3 Å². The summed E-state index contributed by atoms with van der Waals surface area (Å²) in [6, 6.07) is 15.7. The number of carbonyl (C=O) groups excluding carboxylic acids is 1. The quantitative estimate of drug-likeness (QED) is 0.510. The van der Waals surface area contributed by atoms with Gasteiger partial charge in [0, 0.05) is 11.1 Å². The molecule has 9 heteroatoms. The third-order valence-corrected chi connectivity index (χ3v) is 3.06. The van der Waals surface area contributed by atoms with Gasteiger partial charge in [0.05, 0.1) is 5.92 Å². The molecule has 6 nitrogen and oxygen atoms in total. The van der Waals surface area contributed by atoms with Crippen LogP contribution in [0.25, 0.3) is 12.3 Å². The summed E-state index contributed by atoms with van der Waals surface area (Å²) in [7, 11) is 9.75. The van der Waals surface area contributed by atoms with Gasteiger partial charge in [0.25, 0.3) is 0 Å². The van der Waals surface area contributed by atoms with Gasteiger partial charge in [-0.05, 0) is 18.6 Å². The van der Waals surface area contributed by atoms with Crippen LogP contribution < -0.4 is 0 Å². The molecule has 0 radical (unpaired) electrons. The minimum atomic E-state index is -0.899. The molecule has 2 rings (SSSR count). The number of carboxylic acids is 1. The minimum Gasteiger partial charge on any atom is -0.693 e. The molecule has 142 valence electrons. The maximum Gasteiger partial charge on any atom is -0.693 e. The van der Waals surface area contributed by atoms with Gasteiger partial charge in [-0.1, -0.05) is 48.5 Å². The maximum absolute atomic E-state index is 12.2. The first-order valence-corrected chi connectivity index (χ1v) is 11.9. The number of hydrogen-bond donors (Lipinski definition) is 1. The van der Waals surface area contributed by atoms with Crippen LogP contribution in [0.4, 0.5) is 0 Å². The molecule has 0 fully saturated rings. The Morgan fingerprint density at radius 2 is 1.44 bits per heavy atom. The normalized spacial score (nSPS) is 9.88. The number of halogens is 2. The van der Waals surface area contributed by atoms with Crippen molar-refractivity contribution in [2.24, 2.45) is 0 Å². The minimum absolute atomic E-state index is 0. The third kappa shape index (κ3) is 9.12. The molecule has 7 N–H and O–H groups in total. The first-order valence-electron chi connectivity index (χ1n) is 6.26. The molecule has 1 atom stereocenters. The fourth-order valence-corrected chi connectivity index (χ4v) is 1.85. The van der Waals surface area contributed by atoms with Crippen molar-refractivity contribution in [1.29, 1.82) is 0 Å². The Balaban J connectivity index is -0.000000753. The molecule has 0 aliphatic rings. The second kappa shape index (κ2) is 15.0. The molecular formula is C16H20Cl2N2O4Pt. The van der Waals surface area contributed by atoms with Crippen molar-refractivity contribution in [1.82, 2.24) is 0 Å². The second-order valence-electron chi connectivity index (χ2n) is 4.43. The van der Waals surface area contributed by atoms with Crippen molar-refractivity contribution in [3.63, 3.8) is 0 Å². The summed E-state index contributed by atoms with van der Waals surface area (Å²) >= 11 is -0.472. The summed E-state index contributed by atoms with van der Waals surface area (Å²) in [6.45, 7) is 1.61. The van der Waals surface area contributed by atoms with Crippen LogP contribution in [-0.2, 0) is 21.3 Å². The van der Waals surface area contributed by atoms with Gasteiger partial charge in [-0.2, -0.15) is 0 Å². The Morgan fingerprint density at radius 3 is 1.92 bits per heavy atom. The zero-order valence-corrected chi connectivity index (χ0v) is 17.0. The van der Waals surface area contributed by atoms with Gasteiger partial charge in [0.15, 0.2) is 5.78 Å². The van der Waals surface area contributed by atoms with E-state index >= 15 is 0 Å². The van der Waals surface area contributed by atoms with E-state index in [2.05, 4.69) is 0 Å². The van der Waals surface area contributed by atoms with Crippen LogP contribution in [0.2, 0.25) is 0 Å². The Bertz CT molecular complexity index is 645. The third-order valence-electron chi connectivity index (χ3n) is 3.06. The molecule has 2 aromatic carbocycles. The average Bonchev–Trinajstić information content (AvgIpc) is 2.55. The zero-order valence-electron chi connectivity index (χ0n) is 13.3. The van der Waals surface area contributed by atoms with Gasteiger partial charge in [-0.25, -0.2) is 0 Å². The topological polar surface area (TPSA) is 153 Å². The number of carbonyl (C=O) groups is 2. The van der Waals surface area contributed by atoms with E-state index in [-0.39, 0.29) is 23.6 Å². The summed E-state index contributed by atoms with van der Waals surface area (Å²) in [6.07, 6.45) is 0. The molecule has 2 aromatic rings. The number of rotatable bonds is 4. The average molecular weight is 570 g/mol. The molecule has 0 amide bonds. The number of benzene rings is 2. The van der Waals surface area contributed by atoms with E-state index in [0.717, 1.165) is 0 Å². The van der Waals surface area contributed by atoms with Gasteiger partial charge >= 0.3 is 41.3 Å². The van der Waals surface area contributed by atoms with E-state index in [1.807, 2.05) is 6.07 Å². The fourth-order valence-electron chi connectivity index (χ4n) is 1.85. The number of aliphatic carboxylic acids is 1. The molecule has 0 bridgehead atoms. The molecular weight excluding hydrogens is 550 g/mol. The van der Waals surface area contributed by atoms with E-state index < -0.39 is 28.4 Å². The molecule has 0 saturated heterocycles. The molecule has 0 heterocycles. The smallest absolute Gasteiger partial charge is 0.693 e. The van der Waals surface area contributed by atoms with Crippen LogP contribution in [0.3, 0.4) is 0 Å². The van der Waals surface area contributed by atoms with Crippen LogP contribution in [0.1, 0.15) is 34.3 Å². The van der Waals surface area contributed by atoms with E-state index in [1.54, 1.807) is 55.5 Å². The van der Waals surface area contributed by atoms with Crippen LogP contribution >= 0.6 is 18.8 Å². The second-order valence-corrected chi connectivity index (χ2v) is 7.71. The predicted molar refractivity (Wildman–Crippen MR) is 98.3 cm³/mol. The number of ketones is 1. The SMILES string of the molecule is CC(C(=O)O)c1cccc(C(=O)c2ccccc2)c1.O.[Cl][Pt+2][Cl].[NH2-].[NH2-]. The summed E-state index contributed by atoms with van der Waals surface area (Å²) < 4.78 is 0. The molecule has 1 unspecified atom stereocenters. The summed E-state index contributed by atoms with van der Waals surface area (Å²) in [5.74, 6) is -1.62. The van der Waals surface area contributed by atoms with Crippen LogP contribution in [0.5, 0.6) is 0 Å². The summed E-state index contributed by atoms with van der Waals surface area (Å²) in [5.41, 5.74) is 1.74. The Labute approximate surface area is 163 Å². The number of nitrogens with two attached hydrogens (primary N) is 2. The molecule has 0 aromatic heterocycles.